The topological polar surface area (TPSA) is 55.8 Å². The van der Waals surface area contributed by atoms with Gasteiger partial charge in [-0.3, -0.25) is 0 Å². The summed E-state index contributed by atoms with van der Waals surface area (Å²) in [4.78, 5) is 0.302. The van der Waals surface area contributed by atoms with Crippen molar-refractivity contribution in [3.63, 3.8) is 0 Å². The van der Waals surface area contributed by atoms with Crippen LogP contribution in [0.3, 0.4) is 0 Å². The fourth-order valence-corrected chi connectivity index (χ4v) is 4.58. The van der Waals surface area contributed by atoms with Gasteiger partial charge in [0.25, 0.3) is 0 Å². The van der Waals surface area contributed by atoms with Crippen LogP contribution in [0.2, 0.25) is 0 Å². The maximum atomic E-state index is 12.9. The van der Waals surface area contributed by atoms with Gasteiger partial charge in [-0.25, -0.2) is 8.42 Å². The predicted octanol–water partition coefficient (Wildman–Crippen LogP) is 4.01. The summed E-state index contributed by atoms with van der Waals surface area (Å²) in [6.45, 7) is 6.84. The zero-order valence-electron chi connectivity index (χ0n) is 16.1. The number of sulfonamides is 1. The van der Waals surface area contributed by atoms with Crippen molar-refractivity contribution in [3.05, 3.63) is 54.1 Å². The minimum absolute atomic E-state index is 0.0426. The summed E-state index contributed by atoms with van der Waals surface area (Å²) in [5.74, 6) is 1.51. The van der Waals surface area contributed by atoms with Crippen LogP contribution in [0.4, 0.5) is 0 Å². The lowest BCUT2D eigenvalue weighted by Gasteiger charge is -2.31. The van der Waals surface area contributed by atoms with E-state index in [0.29, 0.717) is 36.6 Å². The third-order valence-corrected chi connectivity index (χ3v) is 6.47. The molecule has 1 heterocycles. The van der Waals surface area contributed by atoms with Crippen LogP contribution >= 0.6 is 0 Å². The van der Waals surface area contributed by atoms with Crippen LogP contribution in [0.5, 0.6) is 11.5 Å². The number of nitrogens with zero attached hydrogens (tertiary/aromatic N) is 1. The molecule has 0 aliphatic carbocycles. The number of hydrogen-bond acceptors (Lipinski definition) is 4. The molecule has 0 aromatic heterocycles. The molecule has 0 radical (unpaired) electrons. The van der Waals surface area contributed by atoms with Crippen molar-refractivity contribution < 1.29 is 17.9 Å². The molecule has 0 unspecified atom stereocenters. The van der Waals surface area contributed by atoms with Gasteiger partial charge in [-0.05, 0) is 70.0 Å². The fourth-order valence-electron chi connectivity index (χ4n) is 3.11. The molecule has 2 aromatic rings. The number of ether oxygens (including phenoxy) is 2. The van der Waals surface area contributed by atoms with E-state index in [4.69, 9.17) is 9.47 Å². The average molecular weight is 390 g/mol. The molecule has 146 valence electrons. The summed E-state index contributed by atoms with van der Waals surface area (Å²) in [7, 11) is -3.49. The number of rotatable bonds is 6. The normalized spacial score (nSPS) is 16.4. The minimum Gasteiger partial charge on any atom is -0.491 e. The number of aryl methyl sites for hydroxylation is 1. The van der Waals surface area contributed by atoms with Gasteiger partial charge in [0.05, 0.1) is 11.0 Å². The molecule has 3 rings (SSSR count). The van der Waals surface area contributed by atoms with Gasteiger partial charge in [-0.2, -0.15) is 4.31 Å². The molecule has 1 saturated heterocycles. The Morgan fingerprint density at radius 1 is 0.926 bits per heavy atom. The van der Waals surface area contributed by atoms with E-state index in [1.807, 2.05) is 45.0 Å². The van der Waals surface area contributed by atoms with Gasteiger partial charge < -0.3 is 9.47 Å². The highest BCUT2D eigenvalue weighted by Gasteiger charge is 2.30. The van der Waals surface area contributed by atoms with Gasteiger partial charge in [-0.15, -0.1) is 0 Å². The van der Waals surface area contributed by atoms with E-state index >= 15 is 0 Å². The first-order chi connectivity index (χ1) is 12.8. The molecule has 0 bridgehead atoms. The van der Waals surface area contributed by atoms with Gasteiger partial charge in [-0.1, -0.05) is 17.7 Å². The maximum absolute atomic E-state index is 12.9. The fraction of sp³-hybridized carbons (Fsp3) is 0.429. The Balaban J connectivity index is 1.59. The minimum atomic E-state index is -3.49. The first-order valence-corrected chi connectivity index (χ1v) is 10.8. The van der Waals surface area contributed by atoms with Crippen LogP contribution in [-0.2, 0) is 10.0 Å². The van der Waals surface area contributed by atoms with Crippen molar-refractivity contribution in [1.29, 1.82) is 0 Å². The van der Waals surface area contributed by atoms with Crippen molar-refractivity contribution in [2.24, 2.45) is 0 Å². The Kier molecular flexibility index (Phi) is 6.07. The number of hydrogen-bond donors (Lipinski definition) is 0. The van der Waals surface area contributed by atoms with E-state index in [1.165, 1.54) is 5.56 Å². The zero-order valence-corrected chi connectivity index (χ0v) is 16.9. The van der Waals surface area contributed by atoms with Gasteiger partial charge in [0.15, 0.2) is 0 Å². The van der Waals surface area contributed by atoms with E-state index in [2.05, 4.69) is 0 Å². The molecule has 1 aliphatic rings. The standard InChI is InChI=1S/C21H27NO4S/c1-16(2)25-18-8-10-21(11-9-18)27(23,24)22-14-12-20(13-15-22)26-19-6-4-17(3)5-7-19/h4-11,16,20H,12-15H2,1-3H3. The molecule has 27 heavy (non-hydrogen) atoms. The Bertz CT molecular complexity index is 837. The molecule has 0 N–H and O–H groups in total. The molecule has 0 amide bonds. The lowest BCUT2D eigenvalue weighted by Crippen LogP contribution is -2.41. The number of benzene rings is 2. The first kappa shape index (κ1) is 19.7. The van der Waals surface area contributed by atoms with Crippen molar-refractivity contribution in [2.75, 3.05) is 13.1 Å². The van der Waals surface area contributed by atoms with Crippen molar-refractivity contribution in [2.45, 2.75) is 50.7 Å². The molecule has 2 aromatic carbocycles. The van der Waals surface area contributed by atoms with Crippen LogP contribution in [0, 0.1) is 6.92 Å². The Labute approximate surface area is 162 Å². The third kappa shape index (κ3) is 5.02. The van der Waals surface area contributed by atoms with Crippen molar-refractivity contribution in [1.82, 2.24) is 4.31 Å². The maximum Gasteiger partial charge on any atom is 0.243 e. The molecule has 0 spiro atoms. The Morgan fingerprint density at radius 3 is 2.04 bits per heavy atom. The largest absolute Gasteiger partial charge is 0.491 e. The second-order valence-electron chi connectivity index (χ2n) is 7.17. The smallest absolute Gasteiger partial charge is 0.243 e. The number of piperidine rings is 1. The summed E-state index contributed by atoms with van der Waals surface area (Å²) in [5, 5.41) is 0. The van der Waals surface area contributed by atoms with Crippen LogP contribution < -0.4 is 9.47 Å². The predicted molar refractivity (Wildman–Crippen MR) is 106 cm³/mol. The van der Waals surface area contributed by atoms with Crippen LogP contribution in [0.25, 0.3) is 0 Å². The summed E-state index contributed by atoms with van der Waals surface area (Å²) >= 11 is 0. The lowest BCUT2D eigenvalue weighted by molar-refractivity contribution is 0.135. The van der Waals surface area contributed by atoms with E-state index in [0.717, 1.165) is 5.75 Å². The molecular weight excluding hydrogens is 362 g/mol. The molecule has 1 fully saturated rings. The van der Waals surface area contributed by atoms with Gasteiger partial charge >= 0.3 is 0 Å². The SMILES string of the molecule is Cc1ccc(OC2CCN(S(=O)(=O)c3ccc(OC(C)C)cc3)CC2)cc1. The summed E-state index contributed by atoms with van der Waals surface area (Å²) in [6, 6.07) is 14.6. The molecule has 0 atom stereocenters. The highest BCUT2D eigenvalue weighted by Crippen LogP contribution is 2.25. The monoisotopic (exact) mass is 389 g/mol. The summed E-state index contributed by atoms with van der Waals surface area (Å²) < 4.78 is 38.8. The van der Waals surface area contributed by atoms with E-state index < -0.39 is 10.0 Å². The van der Waals surface area contributed by atoms with Crippen LogP contribution in [0.15, 0.2) is 53.4 Å². The van der Waals surface area contributed by atoms with E-state index in [9.17, 15) is 8.42 Å². The lowest BCUT2D eigenvalue weighted by atomic mass is 10.1. The Hall–Kier alpha value is -2.05. The zero-order chi connectivity index (χ0) is 19.4. The van der Waals surface area contributed by atoms with Gasteiger partial charge in [0.1, 0.15) is 17.6 Å². The molecule has 1 aliphatic heterocycles. The molecule has 6 heteroatoms. The first-order valence-electron chi connectivity index (χ1n) is 9.35. The average Bonchev–Trinajstić information content (AvgIpc) is 2.64. The second-order valence-corrected chi connectivity index (χ2v) is 9.11. The Morgan fingerprint density at radius 2 is 1.48 bits per heavy atom. The second kappa shape index (κ2) is 8.31. The van der Waals surface area contributed by atoms with Crippen LogP contribution in [0.1, 0.15) is 32.3 Å². The van der Waals surface area contributed by atoms with E-state index in [1.54, 1.807) is 28.6 Å². The highest BCUT2D eigenvalue weighted by atomic mass is 32.2. The molecular formula is C21H27NO4S. The molecule has 5 nitrogen and oxygen atoms in total. The summed E-state index contributed by atoms with van der Waals surface area (Å²) in [5.41, 5.74) is 1.19. The summed E-state index contributed by atoms with van der Waals surface area (Å²) in [6.07, 6.45) is 1.46. The third-order valence-electron chi connectivity index (χ3n) is 4.56. The van der Waals surface area contributed by atoms with Crippen LogP contribution in [-0.4, -0.2) is 38.0 Å². The van der Waals surface area contributed by atoms with Gasteiger partial charge in [0, 0.05) is 13.1 Å². The van der Waals surface area contributed by atoms with Crippen molar-refractivity contribution >= 4 is 10.0 Å². The quantitative estimate of drug-likeness (QED) is 0.749. The van der Waals surface area contributed by atoms with E-state index in [-0.39, 0.29) is 12.2 Å². The van der Waals surface area contributed by atoms with Gasteiger partial charge in [0.2, 0.25) is 10.0 Å². The molecule has 0 saturated carbocycles. The highest BCUT2D eigenvalue weighted by molar-refractivity contribution is 7.89. The van der Waals surface area contributed by atoms with Crippen molar-refractivity contribution in [3.8, 4) is 11.5 Å².